The quantitative estimate of drug-likeness (QED) is 0.476. The number of amides is 1. The number of carbonyl (C=O) groups excluding carboxylic acids is 2. The van der Waals surface area contributed by atoms with Crippen LogP contribution >= 0.6 is 0 Å². The molecular weight excluding hydrogens is 294 g/mol. The Kier molecular flexibility index (Phi) is 5.64. The zero-order valence-corrected chi connectivity index (χ0v) is 13.5. The van der Waals surface area contributed by atoms with Gasteiger partial charge in [0.25, 0.3) is 0 Å². The van der Waals surface area contributed by atoms with Gasteiger partial charge in [-0.05, 0) is 24.0 Å². The van der Waals surface area contributed by atoms with Crippen molar-refractivity contribution < 1.29 is 19.1 Å². The highest BCUT2D eigenvalue weighted by Gasteiger charge is 2.32. The first-order chi connectivity index (χ1) is 11.1. The van der Waals surface area contributed by atoms with Crippen LogP contribution in [-0.4, -0.2) is 29.8 Å². The fraction of sp³-hybridized carbons (Fsp3) is 0.444. The zero-order chi connectivity index (χ0) is 16.8. The van der Waals surface area contributed by atoms with Crippen LogP contribution < -0.4 is 0 Å². The highest BCUT2D eigenvalue weighted by Crippen LogP contribution is 2.35. The van der Waals surface area contributed by atoms with Crippen molar-refractivity contribution in [2.75, 3.05) is 6.54 Å². The fourth-order valence-corrected chi connectivity index (χ4v) is 2.76. The van der Waals surface area contributed by atoms with E-state index in [1.54, 1.807) is 6.92 Å². The summed E-state index contributed by atoms with van der Waals surface area (Å²) in [6, 6.07) is 7.88. The zero-order valence-electron chi connectivity index (χ0n) is 13.5. The van der Waals surface area contributed by atoms with Crippen molar-refractivity contribution in [1.29, 1.82) is 0 Å². The summed E-state index contributed by atoms with van der Waals surface area (Å²) in [5.41, 5.74) is 2.32. The van der Waals surface area contributed by atoms with E-state index in [0.717, 1.165) is 18.4 Å². The number of esters is 1. The topological polar surface area (TPSA) is 55.8 Å². The van der Waals surface area contributed by atoms with Gasteiger partial charge >= 0.3 is 12.1 Å². The minimum absolute atomic E-state index is 0.108. The van der Waals surface area contributed by atoms with Gasteiger partial charge in [-0.1, -0.05) is 37.1 Å². The van der Waals surface area contributed by atoms with Crippen LogP contribution in [0.4, 0.5) is 4.79 Å². The third-order valence-corrected chi connectivity index (χ3v) is 3.83. The lowest BCUT2D eigenvalue weighted by atomic mass is 10.1. The van der Waals surface area contributed by atoms with Gasteiger partial charge in [-0.25, -0.2) is 4.79 Å². The lowest BCUT2D eigenvalue weighted by Crippen LogP contribution is -2.37. The van der Waals surface area contributed by atoms with E-state index >= 15 is 0 Å². The molecular formula is C18H21NO4. The lowest BCUT2D eigenvalue weighted by molar-refractivity contribution is -0.165. The summed E-state index contributed by atoms with van der Waals surface area (Å²) in [5.74, 6) is 2.08. The average molecular weight is 315 g/mol. The predicted molar refractivity (Wildman–Crippen MR) is 85.4 cm³/mol. The van der Waals surface area contributed by atoms with Gasteiger partial charge in [0.1, 0.15) is 0 Å². The Balaban J connectivity index is 2.08. The van der Waals surface area contributed by atoms with E-state index in [4.69, 9.17) is 15.9 Å². The highest BCUT2D eigenvalue weighted by molar-refractivity contribution is 5.71. The van der Waals surface area contributed by atoms with Crippen LogP contribution in [0.1, 0.15) is 43.9 Å². The minimum atomic E-state index is -0.938. The first kappa shape index (κ1) is 16.9. The summed E-state index contributed by atoms with van der Waals surface area (Å²) in [4.78, 5) is 25.2. The molecule has 0 bridgehead atoms. The maximum atomic E-state index is 12.4. The van der Waals surface area contributed by atoms with E-state index < -0.39 is 18.4 Å². The summed E-state index contributed by atoms with van der Waals surface area (Å²) < 4.78 is 10.2. The van der Waals surface area contributed by atoms with E-state index in [2.05, 4.69) is 12.0 Å². The number of carbonyl (C=O) groups is 2. The van der Waals surface area contributed by atoms with Gasteiger partial charge in [0.15, 0.2) is 0 Å². The second-order valence-corrected chi connectivity index (χ2v) is 5.38. The maximum absolute atomic E-state index is 12.4. The summed E-state index contributed by atoms with van der Waals surface area (Å²) in [6.07, 6.45) is 5.83. The molecule has 1 aliphatic rings. The molecule has 23 heavy (non-hydrogen) atoms. The van der Waals surface area contributed by atoms with Gasteiger partial charge in [0.2, 0.25) is 6.29 Å². The van der Waals surface area contributed by atoms with Gasteiger partial charge in [-0.2, -0.15) is 0 Å². The van der Waals surface area contributed by atoms with Crippen molar-refractivity contribution in [2.24, 2.45) is 0 Å². The van der Waals surface area contributed by atoms with E-state index in [1.807, 2.05) is 18.2 Å². The molecule has 2 unspecified atom stereocenters. The van der Waals surface area contributed by atoms with Crippen molar-refractivity contribution in [1.82, 2.24) is 4.90 Å². The van der Waals surface area contributed by atoms with Crippen LogP contribution in [0.2, 0.25) is 0 Å². The lowest BCUT2D eigenvalue weighted by Gasteiger charge is -2.28. The number of benzene rings is 1. The molecule has 0 heterocycles. The molecule has 5 nitrogen and oxygen atoms in total. The standard InChI is InChI=1S/C18H21NO4/c1-4-12-19(18(21)23-13(3)22-17(20)5-2)16-11-10-14-8-6-7-9-15(14)16/h1,6-9,13,16H,5,10-12H2,2-3H3. The van der Waals surface area contributed by atoms with Crippen molar-refractivity contribution in [3.8, 4) is 12.3 Å². The van der Waals surface area contributed by atoms with Gasteiger partial charge in [-0.15, -0.1) is 6.42 Å². The van der Waals surface area contributed by atoms with Gasteiger partial charge in [0, 0.05) is 13.3 Å². The molecule has 2 rings (SSSR count). The van der Waals surface area contributed by atoms with Crippen LogP contribution in [0, 0.1) is 12.3 Å². The smallest absolute Gasteiger partial charge is 0.414 e. The van der Waals surface area contributed by atoms with Gasteiger partial charge in [0.05, 0.1) is 12.6 Å². The predicted octanol–water partition coefficient (Wildman–Crippen LogP) is 3.04. The summed E-state index contributed by atoms with van der Waals surface area (Å²) in [7, 11) is 0. The Hall–Kier alpha value is -2.48. The number of rotatable bonds is 5. The molecule has 1 aromatic rings. The number of aryl methyl sites for hydroxylation is 1. The average Bonchev–Trinajstić information content (AvgIpc) is 2.96. The second kappa shape index (κ2) is 7.68. The number of hydrogen-bond donors (Lipinski definition) is 0. The largest absolute Gasteiger partial charge is 0.425 e. The molecule has 0 aromatic heterocycles. The minimum Gasteiger partial charge on any atom is -0.425 e. The highest BCUT2D eigenvalue weighted by atomic mass is 16.7. The SMILES string of the molecule is C#CCN(C(=O)OC(C)OC(=O)CC)C1CCc2ccccc21. The molecule has 2 atom stereocenters. The molecule has 1 aromatic carbocycles. The van der Waals surface area contributed by atoms with Crippen LogP contribution in [0.3, 0.4) is 0 Å². The summed E-state index contributed by atoms with van der Waals surface area (Å²) >= 11 is 0. The number of fused-ring (bicyclic) bond motifs is 1. The normalized spacial score (nSPS) is 16.8. The van der Waals surface area contributed by atoms with Crippen LogP contribution in [-0.2, 0) is 20.7 Å². The van der Waals surface area contributed by atoms with E-state index in [0.29, 0.717) is 0 Å². The van der Waals surface area contributed by atoms with Crippen molar-refractivity contribution >= 4 is 12.1 Å². The monoisotopic (exact) mass is 315 g/mol. The molecule has 0 spiro atoms. The Bertz CT molecular complexity index is 620. The Labute approximate surface area is 136 Å². The van der Waals surface area contributed by atoms with Crippen molar-refractivity contribution in [3.63, 3.8) is 0 Å². The van der Waals surface area contributed by atoms with Crippen molar-refractivity contribution in [2.45, 2.75) is 45.4 Å². The molecule has 1 aliphatic carbocycles. The van der Waals surface area contributed by atoms with Crippen LogP contribution in [0.15, 0.2) is 24.3 Å². The molecule has 1 amide bonds. The van der Waals surface area contributed by atoms with Crippen LogP contribution in [0.25, 0.3) is 0 Å². The first-order valence-corrected chi connectivity index (χ1v) is 7.74. The molecule has 5 heteroatoms. The molecule has 0 fully saturated rings. The molecule has 0 radical (unpaired) electrons. The summed E-state index contributed by atoms with van der Waals surface area (Å²) in [5, 5.41) is 0. The Morgan fingerprint density at radius 3 is 2.83 bits per heavy atom. The van der Waals surface area contributed by atoms with Crippen molar-refractivity contribution in [3.05, 3.63) is 35.4 Å². The molecule has 0 N–H and O–H groups in total. The fourth-order valence-electron chi connectivity index (χ4n) is 2.76. The van der Waals surface area contributed by atoms with Gasteiger partial charge < -0.3 is 9.47 Å². The third kappa shape index (κ3) is 4.04. The van der Waals surface area contributed by atoms with Gasteiger partial charge in [-0.3, -0.25) is 9.69 Å². The third-order valence-electron chi connectivity index (χ3n) is 3.83. The second-order valence-electron chi connectivity index (χ2n) is 5.38. The number of terminal acetylenes is 1. The first-order valence-electron chi connectivity index (χ1n) is 7.74. The number of ether oxygens (including phenoxy) is 2. The molecule has 0 aliphatic heterocycles. The Morgan fingerprint density at radius 2 is 2.13 bits per heavy atom. The number of hydrogen-bond acceptors (Lipinski definition) is 4. The Morgan fingerprint density at radius 1 is 1.39 bits per heavy atom. The van der Waals surface area contributed by atoms with E-state index in [-0.39, 0.29) is 19.0 Å². The summed E-state index contributed by atoms with van der Waals surface area (Å²) in [6.45, 7) is 3.34. The molecule has 122 valence electrons. The van der Waals surface area contributed by atoms with E-state index in [1.165, 1.54) is 17.4 Å². The number of nitrogens with zero attached hydrogens (tertiary/aromatic N) is 1. The van der Waals surface area contributed by atoms with E-state index in [9.17, 15) is 9.59 Å². The molecule has 0 saturated heterocycles. The van der Waals surface area contributed by atoms with Crippen LogP contribution in [0.5, 0.6) is 0 Å². The molecule has 0 saturated carbocycles. The maximum Gasteiger partial charge on any atom is 0.414 e.